The molecule has 0 radical (unpaired) electrons. The highest BCUT2D eigenvalue weighted by atomic mass is 32.2. The molecule has 1 N–H and O–H groups in total. The van der Waals surface area contributed by atoms with Gasteiger partial charge < -0.3 is 10.1 Å². The van der Waals surface area contributed by atoms with E-state index in [1.807, 2.05) is 0 Å². The van der Waals surface area contributed by atoms with Crippen LogP contribution in [0.3, 0.4) is 0 Å². The maximum absolute atomic E-state index is 14.0. The highest BCUT2D eigenvalue weighted by Gasteiger charge is 2.57. The number of nitrogens with zero attached hydrogens (tertiary/aromatic N) is 3. The van der Waals surface area contributed by atoms with Gasteiger partial charge in [-0.05, 0) is 36.4 Å². The molecule has 2 aliphatic heterocycles. The molecule has 6 rings (SSSR count). The number of para-hydroxylation sites is 1. The van der Waals surface area contributed by atoms with Gasteiger partial charge in [0, 0.05) is 34.2 Å². The highest BCUT2D eigenvalue weighted by Crippen LogP contribution is 2.55. The summed E-state index contributed by atoms with van der Waals surface area (Å²) < 4.78 is 46.3. The lowest BCUT2D eigenvalue weighted by molar-refractivity contribution is -0.384. The number of alkyl halides is 3. The summed E-state index contributed by atoms with van der Waals surface area (Å²) in [5, 5.41) is 12.8. The molecule has 236 valence electrons. The van der Waals surface area contributed by atoms with Gasteiger partial charge in [-0.15, -0.1) is 0 Å². The Morgan fingerprint density at radius 2 is 1.74 bits per heavy atom. The number of fused-ring (bicyclic) bond motifs is 2. The second kappa shape index (κ2) is 11.8. The van der Waals surface area contributed by atoms with Crippen LogP contribution >= 0.6 is 23.1 Å². The molecule has 0 spiro atoms. The van der Waals surface area contributed by atoms with Gasteiger partial charge in [-0.1, -0.05) is 47.4 Å². The first kappa shape index (κ1) is 31.0. The number of benzene rings is 3. The number of anilines is 2. The van der Waals surface area contributed by atoms with Gasteiger partial charge in [0.25, 0.3) is 5.69 Å². The molecule has 0 aliphatic carbocycles. The fourth-order valence-corrected chi connectivity index (χ4v) is 8.37. The number of non-ortho nitro benzene ring substituents is 1. The minimum absolute atomic E-state index is 0.119. The standard InChI is InChI=1S/C30H21F3N4O7S2/c1-44-20-8-3-2-7-19(20)22-23-24(27(40)36(26(23)39)17-9-11-18(12-10-17)37(42)43)45-28-25(22)46-29(41)35(28)14-21(38)34-16-6-4-5-15(13-16)30(31,32)33/h2-13,22-24H,14H2,1H3,(H,34,38)/t22-,23-,24+/m0/s1. The van der Waals surface area contributed by atoms with E-state index < -0.39 is 62.9 Å². The van der Waals surface area contributed by atoms with Gasteiger partial charge in [0.1, 0.15) is 17.5 Å². The van der Waals surface area contributed by atoms with Gasteiger partial charge in [-0.2, -0.15) is 13.2 Å². The Morgan fingerprint density at radius 3 is 2.41 bits per heavy atom. The van der Waals surface area contributed by atoms with Crippen LogP contribution in [0.25, 0.3) is 0 Å². The van der Waals surface area contributed by atoms with Gasteiger partial charge in [-0.25, -0.2) is 4.90 Å². The lowest BCUT2D eigenvalue weighted by atomic mass is 9.82. The number of thioether (sulfide) groups is 1. The molecule has 2 aliphatic rings. The first-order chi connectivity index (χ1) is 21.9. The van der Waals surface area contributed by atoms with E-state index in [1.165, 1.54) is 37.4 Å². The molecule has 46 heavy (non-hydrogen) atoms. The number of ether oxygens (including phenoxy) is 1. The number of nitrogens with one attached hydrogen (secondary N) is 1. The number of imide groups is 1. The number of methoxy groups -OCH3 is 1. The van der Waals surface area contributed by atoms with Crippen molar-refractivity contribution in [3.05, 3.63) is 109 Å². The summed E-state index contributed by atoms with van der Waals surface area (Å²) in [7, 11) is 1.44. The van der Waals surface area contributed by atoms with Crippen LogP contribution in [0.15, 0.2) is 82.6 Å². The van der Waals surface area contributed by atoms with Gasteiger partial charge in [0.2, 0.25) is 17.7 Å². The summed E-state index contributed by atoms with van der Waals surface area (Å²) in [4.78, 5) is 65.6. The first-order valence-corrected chi connectivity index (χ1v) is 15.2. The zero-order valence-corrected chi connectivity index (χ0v) is 25.2. The predicted octanol–water partition coefficient (Wildman–Crippen LogP) is 5.28. The summed E-state index contributed by atoms with van der Waals surface area (Å²) >= 11 is 1.74. The molecule has 3 amide bonds. The van der Waals surface area contributed by atoms with Crippen LogP contribution in [-0.2, 0) is 27.1 Å². The minimum Gasteiger partial charge on any atom is -0.496 e. The molecule has 11 nitrogen and oxygen atoms in total. The highest BCUT2D eigenvalue weighted by molar-refractivity contribution is 8.00. The van der Waals surface area contributed by atoms with Crippen molar-refractivity contribution in [1.82, 2.24) is 4.57 Å². The van der Waals surface area contributed by atoms with Crippen molar-refractivity contribution in [2.24, 2.45) is 5.92 Å². The summed E-state index contributed by atoms with van der Waals surface area (Å²) in [6.45, 7) is -0.571. The molecule has 3 aromatic carbocycles. The molecule has 3 atom stereocenters. The predicted molar refractivity (Wildman–Crippen MR) is 162 cm³/mol. The van der Waals surface area contributed by atoms with Crippen LogP contribution in [-0.4, -0.2) is 39.6 Å². The smallest absolute Gasteiger partial charge is 0.416 e. The van der Waals surface area contributed by atoms with E-state index in [0.29, 0.717) is 16.2 Å². The molecule has 1 saturated heterocycles. The average Bonchev–Trinajstić information content (AvgIpc) is 3.46. The Labute approximate surface area is 265 Å². The third-order valence-corrected chi connectivity index (χ3v) is 10.2. The quantitative estimate of drug-likeness (QED) is 0.159. The molecule has 16 heteroatoms. The topological polar surface area (TPSA) is 141 Å². The third-order valence-electron chi connectivity index (χ3n) is 7.62. The van der Waals surface area contributed by atoms with Crippen LogP contribution in [0.4, 0.5) is 30.2 Å². The van der Waals surface area contributed by atoms with E-state index in [4.69, 9.17) is 4.74 Å². The SMILES string of the molecule is COc1ccccc1[C@@H]1c2sc(=O)n(CC(=O)Nc3cccc(C(F)(F)F)c3)c2S[C@H]2C(=O)N(c3ccc([N+](=O)[O-])cc3)C(=O)[C@@H]12. The second-order valence-corrected chi connectivity index (χ2v) is 12.4. The Balaban J connectivity index is 1.39. The van der Waals surface area contributed by atoms with Crippen molar-refractivity contribution in [3.8, 4) is 5.75 Å². The minimum atomic E-state index is -4.63. The van der Waals surface area contributed by atoms with Gasteiger partial charge >= 0.3 is 11.0 Å². The maximum atomic E-state index is 14.0. The Kier molecular flexibility index (Phi) is 7.93. The Morgan fingerprint density at radius 1 is 1.02 bits per heavy atom. The fraction of sp³-hybridized carbons (Fsp3) is 0.200. The number of amides is 3. The number of hydrogen-bond acceptors (Lipinski definition) is 9. The van der Waals surface area contributed by atoms with Gasteiger partial charge in [-0.3, -0.25) is 33.9 Å². The largest absolute Gasteiger partial charge is 0.496 e. The number of carbonyl (C=O) groups excluding carboxylic acids is 3. The normalized spacial score (nSPS) is 19.0. The summed E-state index contributed by atoms with van der Waals surface area (Å²) in [5.41, 5.74) is -0.646. The number of carbonyl (C=O) groups is 3. The van der Waals surface area contributed by atoms with Crippen molar-refractivity contribution in [2.75, 3.05) is 17.3 Å². The summed E-state index contributed by atoms with van der Waals surface area (Å²) in [6.07, 6.45) is -4.63. The Hall–Kier alpha value is -4.96. The van der Waals surface area contributed by atoms with Crippen molar-refractivity contribution in [1.29, 1.82) is 0 Å². The molecular formula is C30H21F3N4O7S2. The van der Waals surface area contributed by atoms with E-state index >= 15 is 0 Å². The molecule has 0 saturated carbocycles. The number of rotatable bonds is 7. The lowest BCUT2D eigenvalue weighted by Crippen LogP contribution is -2.33. The van der Waals surface area contributed by atoms with Crippen LogP contribution in [0.1, 0.15) is 21.9 Å². The molecule has 1 aromatic heterocycles. The molecule has 0 bridgehead atoms. The Bertz CT molecular complexity index is 1960. The first-order valence-electron chi connectivity index (χ1n) is 13.5. The van der Waals surface area contributed by atoms with Gasteiger partial charge in [0.05, 0.1) is 34.2 Å². The van der Waals surface area contributed by atoms with Crippen molar-refractivity contribution < 1.29 is 37.2 Å². The number of hydrogen-bond donors (Lipinski definition) is 1. The molecular weight excluding hydrogens is 649 g/mol. The number of nitro benzene ring substituents is 1. The van der Waals surface area contributed by atoms with Crippen LogP contribution in [0.2, 0.25) is 0 Å². The number of aromatic nitrogens is 1. The van der Waals surface area contributed by atoms with E-state index in [-0.39, 0.29) is 22.1 Å². The molecule has 3 heterocycles. The number of halogens is 3. The van der Waals surface area contributed by atoms with Crippen molar-refractivity contribution in [2.45, 2.75) is 28.9 Å². The zero-order chi connectivity index (χ0) is 32.9. The molecule has 4 aromatic rings. The van der Waals surface area contributed by atoms with Crippen molar-refractivity contribution in [3.63, 3.8) is 0 Å². The molecule has 1 fully saturated rings. The molecule has 0 unspecified atom stereocenters. The van der Waals surface area contributed by atoms with Crippen LogP contribution < -0.4 is 19.8 Å². The van der Waals surface area contributed by atoms with E-state index in [1.54, 1.807) is 24.3 Å². The second-order valence-electron chi connectivity index (χ2n) is 10.3. The summed E-state index contributed by atoms with van der Waals surface area (Å²) in [5.74, 6) is -3.41. The summed E-state index contributed by atoms with van der Waals surface area (Å²) in [6, 6.07) is 15.8. The lowest BCUT2D eigenvalue weighted by Gasteiger charge is -2.31. The number of nitro groups is 1. The fourth-order valence-electron chi connectivity index (χ4n) is 5.61. The monoisotopic (exact) mass is 670 g/mol. The van der Waals surface area contributed by atoms with E-state index in [2.05, 4.69) is 5.32 Å². The van der Waals surface area contributed by atoms with Crippen LogP contribution in [0, 0.1) is 16.0 Å². The number of thiazole rings is 1. The maximum Gasteiger partial charge on any atom is 0.416 e. The third kappa shape index (κ3) is 5.43. The van der Waals surface area contributed by atoms with Crippen molar-refractivity contribution >= 4 is 57.9 Å². The van der Waals surface area contributed by atoms with Gasteiger partial charge in [0.15, 0.2) is 0 Å². The van der Waals surface area contributed by atoms with Crippen LogP contribution in [0.5, 0.6) is 5.75 Å². The average molecular weight is 671 g/mol. The van der Waals surface area contributed by atoms with E-state index in [9.17, 15) is 42.5 Å². The van der Waals surface area contributed by atoms with E-state index in [0.717, 1.165) is 50.8 Å². The zero-order valence-electron chi connectivity index (χ0n) is 23.5.